The number of carboxylic acids is 1. The molecule has 0 spiro atoms. The van der Waals surface area contributed by atoms with E-state index >= 15 is 0 Å². The lowest BCUT2D eigenvalue weighted by atomic mass is 10.2. The minimum atomic E-state index is -0.939. The summed E-state index contributed by atoms with van der Waals surface area (Å²) >= 11 is 0. The van der Waals surface area contributed by atoms with Gasteiger partial charge < -0.3 is 21.5 Å². The second-order valence-corrected chi connectivity index (χ2v) is 3.24. The van der Waals surface area contributed by atoms with E-state index in [1.54, 1.807) is 0 Å². The molecule has 0 radical (unpaired) electrons. The van der Waals surface area contributed by atoms with E-state index < -0.39 is 12.0 Å². The first kappa shape index (κ1) is 14.2. The summed E-state index contributed by atoms with van der Waals surface area (Å²) < 4.78 is 0. The Bertz CT molecular complexity index is 255. The fourth-order valence-corrected chi connectivity index (χ4v) is 1.02. The average molecular weight is 231 g/mol. The Kier molecular flexibility index (Phi) is 7.56. The van der Waals surface area contributed by atoms with Gasteiger partial charge in [-0.2, -0.15) is 0 Å². The van der Waals surface area contributed by atoms with E-state index in [1.807, 2.05) is 0 Å². The zero-order valence-electron chi connectivity index (χ0n) is 8.99. The number of carbonyl (C=O) groups is 3. The minimum Gasteiger partial charge on any atom is -0.481 e. The van der Waals surface area contributed by atoms with Crippen molar-refractivity contribution in [3.8, 4) is 0 Å². The largest absolute Gasteiger partial charge is 0.481 e. The van der Waals surface area contributed by atoms with Crippen LogP contribution in [0.15, 0.2) is 0 Å². The Hall–Kier alpha value is -1.79. The lowest BCUT2D eigenvalue weighted by molar-refractivity contribution is -0.136. The maximum absolute atomic E-state index is 11.1. The molecule has 0 fully saturated rings. The van der Waals surface area contributed by atoms with Crippen LogP contribution in [-0.4, -0.2) is 36.1 Å². The van der Waals surface area contributed by atoms with Crippen molar-refractivity contribution in [2.45, 2.75) is 25.7 Å². The monoisotopic (exact) mass is 231 g/mol. The number of hydrogen-bond acceptors (Lipinski definition) is 3. The van der Waals surface area contributed by atoms with Gasteiger partial charge in [0.15, 0.2) is 0 Å². The van der Waals surface area contributed by atoms with Crippen LogP contribution in [0.4, 0.5) is 4.79 Å². The predicted molar refractivity (Wildman–Crippen MR) is 56.7 cm³/mol. The summed E-state index contributed by atoms with van der Waals surface area (Å²) in [5.74, 6) is -1.12. The molecule has 0 saturated heterocycles. The van der Waals surface area contributed by atoms with Crippen molar-refractivity contribution in [3.05, 3.63) is 0 Å². The van der Waals surface area contributed by atoms with E-state index in [-0.39, 0.29) is 18.9 Å². The molecule has 0 aromatic heterocycles. The van der Waals surface area contributed by atoms with Gasteiger partial charge in [-0.25, -0.2) is 4.79 Å². The Morgan fingerprint density at radius 1 is 1.00 bits per heavy atom. The van der Waals surface area contributed by atoms with Gasteiger partial charge in [-0.3, -0.25) is 9.59 Å². The average Bonchev–Trinajstić information content (AvgIpc) is 2.16. The second-order valence-electron chi connectivity index (χ2n) is 3.24. The molecule has 3 amide bonds. The Balaban J connectivity index is 3.30. The Morgan fingerprint density at radius 2 is 1.69 bits per heavy atom. The molecule has 0 aliphatic carbocycles. The van der Waals surface area contributed by atoms with Crippen molar-refractivity contribution < 1.29 is 19.5 Å². The molecule has 0 aromatic rings. The van der Waals surface area contributed by atoms with Gasteiger partial charge in [0, 0.05) is 19.5 Å². The highest BCUT2D eigenvalue weighted by Gasteiger charge is 2.02. The highest BCUT2D eigenvalue weighted by atomic mass is 16.4. The number of nitrogens with one attached hydrogen (secondary N) is 2. The van der Waals surface area contributed by atoms with Gasteiger partial charge in [0.25, 0.3) is 0 Å². The number of urea groups is 1. The number of carbonyl (C=O) groups excluding carboxylic acids is 2. The van der Waals surface area contributed by atoms with Crippen molar-refractivity contribution in [1.82, 2.24) is 10.6 Å². The van der Waals surface area contributed by atoms with E-state index in [2.05, 4.69) is 10.6 Å². The van der Waals surface area contributed by atoms with Crippen molar-refractivity contribution in [2.75, 3.05) is 13.1 Å². The molecular weight excluding hydrogens is 214 g/mol. The smallest absolute Gasteiger partial charge is 0.312 e. The molecule has 0 aliphatic rings. The molecule has 5 N–H and O–H groups in total. The van der Waals surface area contributed by atoms with Gasteiger partial charge >= 0.3 is 12.0 Å². The third-order valence-corrected chi connectivity index (χ3v) is 1.79. The van der Waals surface area contributed by atoms with E-state index in [4.69, 9.17) is 10.8 Å². The summed E-state index contributed by atoms with van der Waals surface area (Å²) in [5.41, 5.74) is 4.84. The number of nitrogens with two attached hydrogens (primary N) is 1. The lowest BCUT2D eigenvalue weighted by Crippen LogP contribution is -2.30. The summed E-state index contributed by atoms with van der Waals surface area (Å²) in [4.78, 5) is 31.5. The maximum Gasteiger partial charge on any atom is 0.312 e. The van der Waals surface area contributed by atoms with Gasteiger partial charge in [-0.15, -0.1) is 0 Å². The first-order valence-electron chi connectivity index (χ1n) is 5.04. The summed E-state index contributed by atoms with van der Waals surface area (Å²) in [6, 6.07) is -0.578. The summed E-state index contributed by atoms with van der Waals surface area (Å²) in [7, 11) is 0. The van der Waals surface area contributed by atoms with E-state index in [0.717, 1.165) is 0 Å². The molecule has 0 saturated carbocycles. The maximum atomic E-state index is 11.1. The minimum absolute atomic E-state index is 0.0744. The Labute approximate surface area is 93.4 Å². The van der Waals surface area contributed by atoms with E-state index in [9.17, 15) is 14.4 Å². The molecule has 0 aromatic carbocycles. The number of unbranched alkanes of at least 4 members (excludes halogenated alkanes) is 1. The molecule has 0 atom stereocenters. The highest BCUT2D eigenvalue weighted by molar-refractivity contribution is 5.76. The van der Waals surface area contributed by atoms with Crippen molar-refractivity contribution in [3.63, 3.8) is 0 Å². The normalized spacial score (nSPS) is 9.50. The van der Waals surface area contributed by atoms with Crippen molar-refractivity contribution in [1.29, 1.82) is 0 Å². The fourth-order valence-electron chi connectivity index (χ4n) is 1.02. The summed E-state index contributed by atoms with van der Waals surface area (Å²) in [6.07, 6.45) is 1.53. The molecule has 0 rings (SSSR count). The van der Waals surface area contributed by atoms with E-state index in [0.29, 0.717) is 25.8 Å². The predicted octanol–water partition coefficient (Wildman–Crippen LogP) is -0.584. The van der Waals surface area contributed by atoms with Crippen LogP contribution in [0.2, 0.25) is 0 Å². The van der Waals surface area contributed by atoms with Gasteiger partial charge in [-0.05, 0) is 12.8 Å². The lowest BCUT2D eigenvalue weighted by Gasteiger charge is -2.03. The SMILES string of the molecule is NC(=O)NCCCCC(=O)NCCC(=O)O. The van der Waals surface area contributed by atoms with E-state index in [1.165, 1.54) is 0 Å². The number of aliphatic carboxylic acids is 1. The molecule has 7 heteroatoms. The number of amides is 3. The van der Waals surface area contributed by atoms with Crippen LogP contribution in [0.5, 0.6) is 0 Å². The summed E-state index contributed by atoms with van der Waals surface area (Å²) in [6.45, 7) is 0.589. The third-order valence-electron chi connectivity index (χ3n) is 1.79. The van der Waals surface area contributed by atoms with Gasteiger partial charge in [0.2, 0.25) is 5.91 Å². The molecule has 0 bridgehead atoms. The number of carboxylic acid groups (broad SMARTS) is 1. The highest BCUT2D eigenvalue weighted by Crippen LogP contribution is 1.93. The van der Waals surface area contributed by atoms with Crippen molar-refractivity contribution >= 4 is 17.9 Å². The van der Waals surface area contributed by atoms with Crippen LogP contribution in [0.1, 0.15) is 25.7 Å². The molecule has 16 heavy (non-hydrogen) atoms. The second kappa shape index (κ2) is 8.51. The van der Waals surface area contributed by atoms with Crippen LogP contribution in [0, 0.1) is 0 Å². The zero-order valence-corrected chi connectivity index (χ0v) is 8.99. The van der Waals surface area contributed by atoms with Crippen LogP contribution in [-0.2, 0) is 9.59 Å². The first-order chi connectivity index (χ1) is 7.52. The third kappa shape index (κ3) is 10.3. The fraction of sp³-hybridized carbons (Fsp3) is 0.667. The summed E-state index contributed by atoms with van der Waals surface area (Å²) in [5, 5.41) is 13.2. The van der Waals surface area contributed by atoms with Crippen LogP contribution in [0.25, 0.3) is 0 Å². The quantitative estimate of drug-likeness (QED) is 0.417. The molecular formula is C9H17N3O4. The number of hydrogen-bond donors (Lipinski definition) is 4. The number of rotatable bonds is 8. The number of primary amides is 1. The Morgan fingerprint density at radius 3 is 2.25 bits per heavy atom. The van der Waals surface area contributed by atoms with Crippen LogP contribution < -0.4 is 16.4 Å². The molecule has 0 heterocycles. The van der Waals surface area contributed by atoms with Gasteiger partial charge in [0.05, 0.1) is 6.42 Å². The van der Waals surface area contributed by atoms with Crippen LogP contribution >= 0.6 is 0 Å². The van der Waals surface area contributed by atoms with Gasteiger partial charge in [0.1, 0.15) is 0 Å². The molecule has 0 aliphatic heterocycles. The molecule has 0 unspecified atom stereocenters. The standard InChI is InChI=1S/C9H17N3O4/c10-9(16)12-5-2-1-3-7(13)11-6-4-8(14)15/h1-6H2,(H,11,13)(H,14,15)(H3,10,12,16). The topological polar surface area (TPSA) is 122 Å². The van der Waals surface area contributed by atoms with Crippen LogP contribution in [0.3, 0.4) is 0 Å². The van der Waals surface area contributed by atoms with Crippen molar-refractivity contribution in [2.24, 2.45) is 5.73 Å². The molecule has 7 nitrogen and oxygen atoms in total. The van der Waals surface area contributed by atoms with Gasteiger partial charge in [-0.1, -0.05) is 0 Å². The zero-order chi connectivity index (χ0) is 12.4. The first-order valence-corrected chi connectivity index (χ1v) is 5.04. The molecule has 92 valence electrons.